The first-order valence-electron chi connectivity index (χ1n) is 6.35. The van der Waals surface area contributed by atoms with Crippen LogP contribution >= 0.6 is 23.8 Å². The van der Waals surface area contributed by atoms with E-state index in [0.717, 1.165) is 0 Å². The summed E-state index contributed by atoms with van der Waals surface area (Å²) in [6.07, 6.45) is 1.30. The number of hydrogen-bond acceptors (Lipinski definition) is 4. The Kier molecular flexibility index (Phi) is 5.51. The molecule has 0 radical (unpaired) electrons. The highest BCUT2D eigenvalue weighted by Crippen LogP contribution is 2.17. The SMILES string of the molecule is O=C(O)c1cccc(NC(=S)NN=Cc2cc(Cl)ccc2[O-])c1. The summed E-state index contributed by atoms with van der Waals surface area (Å²) in [6, 6.07) is 10.5. The Hall–Kier alpha value is -2.64. The van der Waals surface area contributed by atoms with E-state index in [9.17, 15) is 9.90 Å². The summed E-state index contributed by atoms with van der Waals surface area (Å²) >= 11 is 10.8. The van der Waals surface area contributed by atoms with Gasteiger partial charge in [-0.25, -0.2) is 4.79 Å². The zero-order chi connectivity index (χ0) is 16.8. The van der Waals surface area contributed by atoms with Crippen LogP contribution in [0.1, 0.15) is 15.9 Å². The van der Waals surface area contributed by atoms with Gasteiger partial charge >= 0.3 is 5.97 Å². The molecule has 0 spiro atoms. The predicted molar refractivity (Wildman–Crippen MR) is 91.2 cm³/mol. The normalized spacial score (nSPS) is 10.5. The first-order chi connectivity index (χ1) is 11.0. The smallest absolute Gasteiger partial charge is 0.335 e. The lowest BCUT2D eigenvalue weighted by atomic mass is 10.2. The summed E-state index contributed by atoms with van der Waals surface area (Å²) in [7, 11) is 0. The fourth-order valence-corrected chi connectivity index (χ4v) is 2.02. The molecule has 0 aliphatic rings. The second kappa shape index (κ2) is 7.57. The van der Waals surface area contributed by atoms with E-state index < -0.39 is 5.97 Å². The fourth-order valence-electron chi connectivity index (χ4n) is 1.67. The van der Waals surface area contributed by atoms with E-state index in [4.69, 9.17) is 28.9 Å². The Balaban J connectivity index is 1.97. The van der Waals surface area contributed by atoms with Crippen molar-refractivity contribution in [1.29, 1.82) is 0 Å². The molecule has 0 aliphatic heterocycles. The van der Waals surface area contributed by atoms with Crippen molar-refractivity contribution in [2.24, 2.45) is 5.10 Å². The Bertz CT molecular complexity index is 780. The van der Waals surface area contributed by atoms with Crippen LogP contribution in [-0.4, -0.2) is 22.4 Å². The Morgan fingerprint density at radius 2 is 2.09 bits per heavy atom. The van der Waals surface area contributed by atoms with Crippen molar-refractivity contribution in [3.63, 3.8) is 0 Å². The number of halogens is 1. The summed E-state index contributed by atoms with van der Waals surface area (Å²) in [5.41, 5.74) is 3.50. The van der Waals surface area contributed by atoms with Crippen molar-refractivity contribution in [1.82, 2.24) is 5.43 Å². The van der Waals surface area contributed by atoms with Crippen molar-refractivity contribution in [2.75, 3.05) is 5.32 Å². The van der Waals surface area contributed by atoms with Crippen LogP contribution in [0.3, 0.4) is 0 Å². The molecule has 8 heteroatoms. The molecule has 0 bridgehead atoms. The van der Waals surface area contributed by atoms with Gasteiger partial charge in [0.05, 0.1) is 11.8 Å². The van der Waals surface area contributed by atoms with Crippen molar-refractivity contribution < 1.29 is 15.0 Å². The van der Waals surface area contributed by atoms with Gasteiger partial charge in [0.1, 0.15) is 0 Å². The number of nitrogens with one attached hydrogen (secondary N) is 2. The highest BCUT2D eigenvalue weighted by Gasteiger charge is 2.03. The summed E-state index contributed by atoms with van der Waals surface area (Å²) in [4.78, 5) is 10.9. The number of carboxylic acids is 1. The van der Waals surface area contributed by atoms with Gasteiger partial charge in [-0.1, -0.05) is 29.5 Å². The Morgan fingerprint density at radius 1 is 1.30 bits per heavy atom. The number of hydrazone groups is 1. The molecular weight excluding hydrogens is 338 g/mol. The highest BCUT2D eigenvalue weighted by molar-refractivity contribution is 7.80. The molecular formula is C15H11ClN3O3S-. The number of nitrogens with zero attached hydrogens (tertiary/aromatic N) is 1. The molecule has 118 valence electrons. The molecule has 6 nitrogen and oxygen atoms in total. The molecule has 23 heavy (non-hydrogen) atoms. The third-order valence-electron chi connectivity index (χ3n) is 2.71. The third-order valence-corrected chi connectivity index (χ3v) is 3.14. The predicted octanol–water partition coefficient (Wildman–Crippen LogP) is 2.43. The highest BCUT2D eigenvalue weighted by atomic mass is 35.5. The van der Waals surface area contributed by atoms with Gasteiger partial charge in [-0.3, -0.25) is 5.43 Å². The lowest BCUT2D eigenvalue weighted by molar-refractivity contribution is -0.268. The van der Waals surface area contributed by atoms with Crippen molar-refractivity contribution in [3.05, 3.63) is 58.6 Å². The van der Waals surface area contributed by atoms with Gasteiger partial charge in [-0.05, 0) is 48.1 Å². The maximum absolute atomic E-state index is 11.6. The van der Waals surface area contributed by atoms with Crippen molar-refractivity contribution in [3.8, 4) is 5.75 Å². The van der Waals surface area contributed by atoms with E-state index in [0.29, 0.717) is 16.3 Å². The second-order valence-corrected chi connectivity index (χ2v) is 5.24. The van der Waals surface area contributed by atoms with Crippen LogP contribution in [0.15, 0.2) is 47.6 Å². The van der Waals surface area contributed by atoms with Crippen LogP contribution in [0.4, 0.5) is 5.69 Å². The van der Waals surface area contributed by atoms with Gasteiger partial charge in [-0.2, -0.15) is 5.10 Å². The number of rotatable bonds is 4. The topological polar surface area (TPSA) is 96.8 Å². The number of hydrogen-bond donors (Lipinski definition) is 3. The number of anilines is 1. The number of carboxylic acid groups (broad SMARTS) is 1. The third kappa shape index (κ3) is 4.94. The minimum absolute atomic E-state index is 0.135. The van der Waals surface area contributed by atoms with Crippen LogP contribution in [0, 0.1) is 0 Å². The zero-order valence-corrected chi connectivity index (χ0v) is 13.2. The zero-order valence-electron chi connectivity index (χ0n) is 11.6. The molecule has 2 aromatic carbocycles. The maximum atomic E-state index is 11.6. The van der Waals surface area contributed by atoms with Gasteiger partial charge in [0, 0.05) is 10.7 Å². The molecule has 0 amide bonds. The molecule has 2 aromatic rings. The average Bonchev–Trinajstić information content (AvgIpc) is 2.51. The number of carbonyl (C=O) groups is 1. The number of aromatic carboxylic acids is 1. The average molecular weight is 349 g/mol. The van der Waals surface area contributed by atoms with E-state index in [1.807, 2.05) is 0 Å². The molecule has 0 saturated carbocycles. The van der Waals surface area contributed by atoms with E-state index in [1.165, 1.54) is 36.5 Å². The quantitative estimate of drug-likeness (QED) is 0.446. The van der Waals surface area contributed by atoms with Crippen LogP contribution < -0.4 is 15.8 Å². The second-order valence-electron chi connectivity index (χ2n) is 4.39. The fraction of sp³-hybridized carbons (Fsp3) is 0. The van der Waals surface area contributed by atoms with Crippen LogP contribution in [0.25, 0.3) is 0 Å². The summed E-state index contributed by atoms with van der Waals surface area (Å²) in [5, 5.41) is 27.7. The van der Waals surface area contributed by atoms with Gasteiger partial charge in [0.25, 0.3) is 0 Å². The van der Waals surface area contributed by atoms with E-state index >= 15 is 0 Å². The first-order valence-corrected chi connectivity index (χ1v) is 7.14. The minimum Gasteiger partial charge on any atom is -0.872 e. The molecule has 0 fully saturated rings. The van der Waals surface area contributed by atoms with Crippen LogP contribution in [0.2, 0.25) is 5.02 Å². The monoisotopic (exact) mass is 348 g/mol. The van der Waals surface area contributed by atoms with Crippen LogP contribution in [0.5, 0.6) is 5.75 Å². The minimum atomic E-state index is -1.03. The van der Waals surface area contributed by atoms with Gasteiger partial charge in [0.15, 0.2) is 5.11 Å². The van der Waals surface area contributed by atoms with Gasteiger partial charge in [0.2, 0.25) is 0 Å². The molecule has 3 N–H and O–H groups in total. The summed E-state index contributed by atoms with van der Waals surface area (Å²) < 4.78 is 0. The largest absolute Gasteiger partial charge is 0.872 e. The summed E-state index contributed by atoms with van der Waals surface area (Å²) in [6.45, 7) is 0. The van der Waals surface area contributed by atoms with E-state index in [-0.39, 0.29) is 16.4 Å². The Morgan fingerprint density at radius 3 is 2.83 bits per heavy atom. The number of thiocarbonyl (C=S) groups is 1. The Labute approximate surface area is 142 Å². The van der Waals surface area contributed by atoms with Crippen molar-refractivity contribution in [2.45, 2.75) is 0 Å². The maximum Gasteiger partial charge on any atom is 0.335 e. The van der Waals surface area contributed by atoms with E-state index in [1.54, 1.807) is 12.1 Å². The molecule has 0 aromatic heterocycles. The lowest BCUT2D eigenvalue weighted by Gasteiger charge is -2.10. The van der Waals surface area contributed by atoms with Gasteiger partial charge in [-0.15, -0.1) is 0 Å². The van der Waals surface area contributed by atoms with Gasteiger partial charge < -0.3 is 15.5 Å². The molecule has 0 saturated heterocycles. The van der Waals surface area contributed by atoms with E-state index in [2.05, 4.69) is 15.8 Å². The standard InChI is InChI=1S/C15H12ClN3O3S/c16-11-4-5-13(20)10(6-11)8-17-19-15(23)18-12-3-1-2-9(7-12)14(21)22/h1-8,20H,(H,21,22)(H2,18,19,23)/p-1. The number of benzene rings is 2. The molecule has 0 unspecified atom stereocenters. The molecule has 2 rings (SSSR count). The van der Waals surface area contributed by atoms with Crippen LogP contribution in [-0.2, 0) is 0 Å². The molecule has 0 aliphatic carbocycles. The lowest BCUT2D eigenvalue weighted by Crippen LogP contribution is -2.24. The first kappa shape index (κ1) is 16.7. The molecule has 0 atom stereocenters. The summed E-state index contributed by atoms with van der Waals surface area (Å²) in [5.74, 6) is -1.25. The molecule has 0 heterocycles. The van der Waals surface area contributed by atoms with Crippen molar-refractivity contribution >= 4 is 46.8 Å².